The zero-order valence-electron chi connectivity index (χ0n) is 16.2. The summed E-state index contributed by atoms with van der Waals surface area (Å²) in [7, 11) is 0. The number of alkyl halides is 3. The van der Waals surface area contributed by atoms with Crippen LogP contribution >= 0.6 is 0 Å². The predicted molar refractivity (Wildman–Crippen MR) is 101 cm³/mol. The van der Waals surface area contributed by atoms with E-state index in [0.29, 0.717) is 24.8 Å². The van der Waals surface area contributed by atoms with Gasteiger partial charge in [0.05, 0.1) is 11.0 Å². The molecule has 0 radical (unpaired) electrons. The number of hydrogen-bond acceptors (Lipinski definition) is 2. The fourth-order valence-corrected chi connectivity index (χ4v) is 5.05. The van der Waals surface area contributed by atoms with Crippen LogP contribution in [0.5, 0.6) is 0 Å². The number of halogens is 3. The van der Waals surface area contributed by atoms with Gasteiger partial charge in [0.2, 0.25) is 11.8 Å². The molecule has 2 fully saturated rings. The number of carbonyl (C=O) groups excluding carboxylic acids is 2. The van der Waals surface area contributed by atoms with Gasteiger partial charge in [-0.15, -0.1) is 0 Å². The number of carbonyl (C=O) groups is 2. The average Bonchev–Trinajstić information content (AvgIpc) is 3.36. The van der Waals surface area contributed by atoms with Gasteiger partial charge in [0.25, 0.3) is 0 Å². The number of nitrogens with one attached hydrogen (secondary N) is 1. The summed E-state index contributed by atoms with van der Waals surface area (Å²) in [5.74, 6) is -0.0967. The number of hydrogen-bond donors (Lipinski definition) is 1. The Balaban J connectivity index is 1.51. The van der Waals surface area contributed by atoms with Crippen molar-refractivity contribution in [2.45, 2.75) is 70.1 Å². The number of piperidine rings is 1. The van der Waals surface area contributed by atoms with E-state index in [9.17, 15) is 22.8 Å². The molecule has 7 heteroatoms. The van der Waals surface area contributed by atoms with Crippen LogP contribution < -0.4 is 5.32 Å². The van der Waals surface area contributed by atoms with Crippen LogP contribution in [-0.2, 0) is 22.3 Å². The Morgan fingerprint density at radius 1 is 1.21 bits per heavy atom. The van der Waals surface area contributed by atoms with E-state index in [2.05, 4.69) is 5.32 Å². The maximum absolute atomic E-state index is 13.2. The van der Waals surface area contributed by atoms with E-state index in [1.807, 2.05) is 11.0 Å². The van der Waals surface area contributed by atoms with Gasteiger partial charge >= 0.3 is 6.18 Å². The summed E-state index contributed by atoms with van der Waals surface area (Å²) in [6, 6.07) is 5.19. The second-order valence-corrected chi connectivity index (χ2v) is 8.29. The van der Waals surface area contributed by atoms with Gasteiger partial charge in [-0.25, -0.2) is 0 Å². The van der Waals surface area contributed by atoms with E-state index in [0.717, 1.165) is 49.9 Å². The molecule has 1 aromatic carbocycles. The van der Waals surface area contributed by atoms with Gasteiger partial charge in [-0.05, 0) is 49.8 Å². The normalized spacial score (nSPS) is 25.1. The Morgan fingerprint density at radius 3 is 2.69 bits per heavy atom. The number of rotatable bonds is 4. The van der Waals surface area contributed by atoms with Crippen LogP contribution in [-0.4, -0.2) is 22.8 Å². The van der Waals surface area contributed by atoms with E-state index in [1.165, 1.54) is 6.07 Å². The summed E-state index contributed by atoms with van der Waals surface area (Å²) < 4.78 is 38.8. The molecule has 0 aromatic heterocycles. The van der Waals surface area contributed by atoms with Crippen molar-refractivity contribution in [3.8, 4) is 0 Å². The SMILES string of the molecule is O=C1CCC2(C(=O)NCc3cccc(C(F)(F)F)c3)CCC=C2N1C1CCCC1. The van der Waals surface area contributed by atoms with Gasteiger partial charge in [-0.2, -0.15) is 13.2 Å². The number of fused-ring (bicyclic) bond motifs is 1. The molecule has 0 bridgehead atoms. The van der Waals surface area contributed by atoms with Crippen molar-refractivity contribution in [1.82, 2.24) is 10.2 Å². The molecular formula is C22H25F3N2O2. The molecule has 1 heterocycles. The first-order valence-electron chi connectivity index (χ1n) is 10.3. The largest absolute Gasteiger partial charge is 0.416 e. The number of allylic oxidation sites excluding steroid dienone is 1. The third-order valence-electron chi connectivity index (χ3n) is 6.52. The lowest BCUT2D eigenvalue weighted by molar-refractivity contribution is -0.141. The molecule has 1 N–H and O–H groups in total. The van der Waals surface area contributed by atoms with Crippen molar-refractivity contribution < 1.29 is 22.8 Å². The smallest absolute Gasteiger partial charge is 0.351 e. The van der Waals surface area contributed by atoms with Crippen molar-refractivity contribution >= 4 is 11.8 Å². The fraction of sp³-hybridized carbons (Fsp3) is 0.545. The molecule has 1 unspecified atom stereocenters. The number of benzene rings is 1. The summed E-state index contributed by atoms with van der Waals surface area (Å²) >= 11 is 0. The Morgan fingerprint density at radius 2 is 1.97 bits per heavy atom. The molecule has 29 heavy (non-hydrogen) atoms. The lowest BCUT2D eigenvalue weighted by atomic mass is 9.75. The van der Waals surface area contributed by atoms with Crippen LogP contribution in [0.25, 0.3) is 0 Å². The molecule has 4 rings (SSSR count). The molecule has 3 aliphatic rings. The van der Waals surface area contributed by atoms with E-state index < -0.39 is 17.2 Å². The van der Waals surface area contributed by atoms with Gasteiger partial charge < -0.3 is 10.2 Å². The van der Waals surface area contributed by atoms with Crippen LogP contribution in [0.4, 0.5) is 13.2 Å². The highest BCUT2D eigenvalue weighted by Gasteiger charge is 2.52. The van der Waals surface area contributed by atoms with Crippen LogP contribution in [0, 0.1) is 5.41 Å². The van der Waals surface area contributed by atoms with Crippen molar-refractivity contribution in [2.24, 2.45) is 5.41 Å². The van der Waals surface area contributed by atoms with Gasteiger partial charge in [0, 0.05) is 24.7 Å². The van der Waals surface area contributed by atoms with Gasteiger partial charge in [-0.1, -0.05) is 31.1 Å². The molecular weight excluding hydrogens is 381 g/mol. The Hall–Kier alpha value is -2.31. The molecule has 1 saturated heterocycles. The summed E-state index contributed by atoms with van der Waals surface area (Å²) in [6.07, 6.45) is 3.91. The van der Waals surface area contributed by atoms with Crippen molar-refractivity contribution in [1.29, 1.82) is 0 Å². The minimum Gasteiger partial charge on any atom is -0.351 e. The lowest BCUT2D eigenvalue weighted by Crippen LogP contribution is -2.52. The van der Waals surface area contributed by atoms with Crippen LogP contribution in [0.3, 0.4) is 0 Å². The van der Waals surface area contributed by atoms with E-state index in [-0.39, 0.29) is 24.4 Å². The Kier molecular flexibility index (Phi) is 5.17. The number of nitrogens with zero attached hydrogens (tertiary/aromatic N) is 1. The van der Waals surface area contributed by atoms with Crippen molar-refractivity contribution in [3.63, 3.8) is 0 Å². The van der Waals surface area contributed by atoms with Gasteiger partial charge in [-0.3, -0.25) is 9.59 Å². The minimum atomic E-state index is -4.41. The molecule has 156 valence electrons. The quantitative estimate of drug-likeness (QED) is 0.798. The highest BCUT2D eigenvalue weighted by molar-refractivity contribution is 5.91. The molecule has 0 spiro atoms. The summed E-state index contributed by atoms with van der Waals surface area (Å²) in [5, 5.41) is 2.85. The van der Waals surface area contributed by atoms with Gasteiger partial charge in [0.15, 0.2) is 0 Å². The lowest BCUT2D eigenvalue weighted by Gasteiger charge is -2.44. The van der Waals surface area contributed by atoms with Crippen molar-refractivity contribution in [2.75, 3.05) is 0 Å². The summed E-state index contributed by atoms with van der Waals surface area (Å²) in [5.41, 5.74) is -0.229. The van der Waals surface area contributed by atoms with Crippen LogP contribution in [0.2, 0.25) is 0 Å². The third-order valence-corrected chi connectivity index (χ3v) is 6.52. The highest BCUT2D eigenvalue weighted by atomic mass is 19.4. The maximum Gasteiger partial charge on any atom is 0.416 e. The second kappa shape index (κ2) is 7.50. The Bertz CT molecular complexity index is 843. The number of amides is 2. The van der Waals surface area contributed by atoms with Crippen LogP contribution in [0.1, 0.15) is 62.5 Å². The second-order valence-electron chi connectivity index (χ2n) is 8.29. The third kappa shape index (κ3) is 3.67. The molecule has 1 saturated carbocycles. The topological polar surface area (TPSA) is 49.4 Å². The summed E-state index contributed by atoms with van der Waals surface area (Å²) in [6.45, 7) is 0.0369. The molecule has 1 aliphatic heterocycles. The van der Waals surface area contributed by atoms with E-state index in [4.69, 9.17) is 0 Å². The number of likely N-dealkylation sites (tertiary alicyclic amines) is 1. The molecule has 4 nitrogen and oxygen atoms in total. The first-order valence-corrected chi connectivity index (χ1v) is 10.3. The zero-order valence-corrected chi connectivity index (χ0v) is 16.2. The fourth-order valence-electron chi connectivity index (χ4n) is 5.05. The summed E-state index contributed by atoms with van der Waals surface area (Å²) in [4.78, 5) is 27.7. The van der Waals surface area contributed by atoms with Crippen molar-refractivity contribution in [3.05, 3.63) is 47.2 Å². The van der Waals surface area contributed by atoms with Gasteiger partial charge in [0.1, 0.15) is 0 Å². The monoisotopic (exact) mass is 406 g/mol. The Labute approximate surface area is 168 Å². The maximum atomic E-state index is 13.2. The first-order chi connectivity index (χ1) is 13.8. The highest BCUT2D eigenvalue weighted by Crippen LogP contribution is 2.50. The minimum absolute atomic E-state index is 0.0369. The van der Waals surface area contributed by atoms with E-state index >= 15 is 0 Å². The standard InChI is InChI=1S/C22H25F3N2O2/c23-22(24,25)16-6-3-5-15(13-16)14-26-20(29)21-11-4-9-18(21)27(19(28)10-12-21)17-7-1-2-8-17/h3,5-6,9,13,17H,1-2,4,7-8,10-12,14H2,(H,26,29). The predicted octanol–water partition coefficient (Wildman–Crippen LogP) is 4.55. The molecule has 2 amide bonds. The molecule has 2 aliphatic carbocycles. The molecule has 1 aromatic rings. The zero-order chi connectivity index (χ0) is 20.6. The first kappa shape index (κ1) is 20.0. The van der Waals surface area contributed by atoms with Crippen LogP contribution in [0.15, 0.2) is 36.0 Å². The average molecular weight is 406 g/mol. The van der Waals surface area contributed by atoms with E-state index in [1.54, 1.807) is 6.07 Å². The molecule has 1 atom stereocenters.